The monoisotopic (exact) mass is 515 g/mol. The lowest BCUT2D eigenvalue weighted by molar-refractivity contribution is -0.138. The number of hydrogen-bond donors (Lipinski definition) is 0. The summed E-state index contributed by atoms with van der Waals surface area (Å²) in [7, 11) is 1.81. The van der Waals surface area contributed by atoms with Crippen LogP contribution in [0.4, 0.5) is 13.2 Å². The number of nitrogens with zero attached hydrogens (tertiary/aromatic N) is 3. The molecule has 202 valence electrons. The van der Waals surface area contributed by atoms with Gasteiger partial charge < -0.3 is 9.80 Å². The van der Waals surface area contributed by atoms with Crippen LogP contribution in [0.5, 0.6) is 0 Å². The smallest absolute Gasteiger partial charge is 0.344 e. The highest BCUT2D eigenvalue weighted by molar-refractivity contribution is 5.83. The second kappa shape index (κ2) is 12.4. The number of likely N-dealkylation sites (N-methyl/N-ethyl adjacent to an activating group) is 1. The van der Waals surface area contributed by atoms with Crippen molar-refractivity contribution in [1.82, 2.24) is 14.7 Å². The van der Waals surface area contributed by atoms with Crippen LogP contribution in [0.15, 0.2) is 48.5 Å². The minimum Gasteiger partial charge on any atom is -0.344 e. The number of hydrogen-bond acceptors (Lipinski definition) is 3. The summed E-state index contributed by atoms with van der Waals surface area (Å²) in [5.41, 5.74) is 1.31. The van der Waals surface area contributed by atoms with Crippen LogP contribution in [0, 0.1) is 6.92 Å². The Morgan fingerprint density at radius 3 is 2.32 bits per heavy atom. The number of benzene rings is 2. The largest absolute Gasteiger partial charge is 0.416 e. The molecule has 2 fully saturated rings. The van der Waals surface area contributed by atoms with E-state index in [4.69, 9.17) is 0 Å². The van der Waals surface area contributed by atoms with E-state index >= 15 is 0 Å². The molecule has 37 heavy (non-hydrogen) atoms. The Morgan fingerprint density at radius 1 is 1.00 bits per heavy atom. The molecule has 1 amide bonds. The lowest BCUT2D eigenvalue weighted by atomic mass is 9.96. The Morgan fingerprint density at radius 2 is 1.68 bits per heavy atom. The van der Waals surface area contributed by atoms with Crippen LogP contribution < -0.4 is 0 Å². The predicted molar refractivity (Wildman–Crippen MR) is 141 cm³/mol. The third-order valence-electron chi connectivity index (χ3n) is 8.06. The van der Waals surface area contributed by atoms with Gasteiger partial charge in [-0.25, -0.2) is 0 Å². The van der Waals surface area contributed by atoms with Crippen LogP contribution >= 0.6 is 0 Å². The maximum atomic E-state index is 13.7. The first-order valence-corrected chi connectivity index (χ1v) is 13.7. The fourth-order valence-corrected chi connectivity index (χ4v) is 5.91. The highest BCUT2D eigenvalue weighted by atomic mass is 19.4. The highest BCUT2D eigenvalue weighted by Gasteiger charge is 2.35. The summed E-state index contributed by atoms with van der Waals surface area (Å²) >= 11 is 0. The number of aryl methyl sites for hydroxylation is 2. The number of likely N-dealkylation sites (tertiary alicyclic amines) is 2. The molecule has 4 rings (SSSR count). The van der Waals surface area contributed by atoms with Crippen LogP contribution in [0.2, 0.25) is 0 Å². The van der Waals surface area contributed by atoms with E-state index in [-0.39, 0.29) is 17.5 Å². The van der Waals surface area contributed by atoms with Gasteiger partial charge in [0.05, 0.1) is 5.56 Å². The van der Waals surface area contributed by atoms with Crippen LogP contribution in [0.25, 0.3) is 0 Å². The molecule has 0 radical (unpaired) electrons. The molecule has 0 bridgehead atoms. The third kappa shape index (κ3) is 7.14. The number of halogens is 3. The topological polar surface area (TPSA) is 26.8 Å². The summed E-state index contributed by atoms with van der Waals surface area (Å²) in [4.78, 5) is 20.4. The molecule has 2 aromatic rings. The van der Waals surface area contributed by atoms with Gasteiger partial charge in [-0.2, -0.15) is 13.2 Å². The number of carbonyl (C=O) groups excluding carboxylic acids is 1. The Balaban J connectivity index is 1.38. The minimum absolute atomic E-state index is 0.0579. The van der Waals surface area contributed by atoms with E-state index < -0.39 is 11.7 Å². The summed E-state index contributed by atoms with van der Waals surface area (Å²) < 4.78 is 39.8. The summed E-state index contributed by atoms with van der Waals surface area (Å²) in [5, 5.41) is 0. The predicted octanol–water partition coefficient (Wildman–Crippen LogP) is 6.10. The van der Waals surface area contributed by atoms with E-state index in [0.717, 1.165) is 31.5 Å². The van der Waals surface area contributed by atoms with Crippen molar-refractivity contribution >= 4 is 5.91 Å². The van der Waals surface area contributed by atoms with E-state index in [0.29, 0.717) is 31.0 Å². The van der Waals surface area contributed by atoms with Gasteiger partial charge in [-0.1, -0.05) is 48.9 Å². The standard InChI is InChI=1S/C30H40F3N3O/c1-23-13-14-24(22-27(23)30(31,32)33)10-9-17-34(2)29(37)28(25-11-5-3-6-12-25)36-20-15-26(16-21-36)35-18-7-4-8-19-35/h3,5-6,11-14,22,26,28H,4,7-10,15-21H2,1-2H3. The Bertz CT molecular complexity index is 1010. The average molecular weight is 516 g/mol. The molecule has 1 atom stereocenters. The van der Waals surface area contributed by atoms with E-state index in [1.165, 1.54) is 51.4 Å². The Kier molecular flexibility index (Phi) is 9.30. The summed E-state index contributed by atoms with van der Waals surface area (Å²) in [5.74, 6) is 0.0579. The van der Waals surface area contributed by atoms with Crippen LogP contribution in [-0.4, -0.2) is 66.4 Å². The van der Waals surface area contributed by atoms with E-state index in [9.17, 15) is 18.0 Å². The lowest BCUT2D eigenvalue weighted by Crippen LogP contribution is -2.50. The molecule has 2 saturated heterocycles. The molecule has 2 aromatic carbocycles. The van der Waals surface area contributed by atoms with Crippen molar-refractivity contribution in [3.8, 4) is 0 Å². The first-order chi connectivity index (χ1) is 17.7. The first-order valence-electron chi connectivity index (χ1n) is 13.7. The average Bonchev–Trinajstić information content (AvgIpc) is 2.90. The summed E-state index contributed by atoms with van der Waals surface area (Å²) in [6.07, 6.45) is 2.83. The van der Waals surface area contributed by atoms with Gasteiger partial charge in [-0.15, -0.1) is 0 Å². The summed E-state index contributed by atoms with van der Waals surface area (Å²) in [6.45, 7) is 6.16. The van der Waals surface area contributed by atoms with Crippen molar-refractivity contribution in [2.75, 3.05) is 39.8 Å². The van der Waals surface area contributed by atoms with Gasteiger partial charge in [0, 0.05) is 32.7 Å². The van der Waals surface area contributed by atoms with Gasteiger partial charge in [-0.3, -0.25) is 9.69 Å². The van der Waals surface area contributed by atoms with E-state index in [2.05, 4.69) is 9.80 Å². The molecule has 0 aliphatic carbocycles. The summed E-state index contributed by atoms with van der Waals surface area (Å²) in [6, 6.07) is 14.8. The molecule has 0 spiro atoms. The van der Waals surface area contributed by atoms with Crippen molar-refractivity contribution in [1.29, 1.82) is 0 Å². The molecule has 1 unspecified atom stereocenters. The molecule has 7 heteroatoms. The van der Waals surface area contributed by atoms with Crippen LogP contribution in [-0.2, 0) is 17.4 Å². The SMILES string of the molecule is Cc1ccc(CCCN(C)C(=O)C(c2ccccc2)N2CCC(N3CCCCC3)CC2)cc1C(F)(F)F. The quantitative estimate of drug-likeness (QED) is 0.425. The van der Waals surface area contributed by atoms with Gasteiger partial charge >= 0.3 is 6.18 Å². The Labute approximate surface area is 219 Å². The molecule has 0 aromatic heterocycles. The minimum atomic E-state index is -4.35. The van der Waals surface area contributed by atoms with Gasteiger partial charge in [0.15, 0.2) is 0 Å². The molecule has 4 nitrogen and oxygen atoms in total. The van der Waals surface area contributed by atoms with Crippen LogP contribution in [0.3, 0.4) is 0 Å². The zero-order valence-corrected chi connectivity index (χ0v) is 22.1. The van der Waals surface area contributed by atoms with Crippen molar-refractivity contribution in [3.05, 3.63) is 70.8 Å². The van der Waals surface area contributed by atoms with Gasteiger partial charge in [0.1, 0.15) is 6.04 Å². The number of amides is 1. The molecular weight excluding hydrogens is 475 g/mol. The number of rotatable bonds is 8. The van der Waals surface area contributed by atoms with Gasteiger partial charge in [-0.05, 0) is 81.3 Å². The maximum Gasteiger partial charge on any atom is 0.416 e. The molecule has 0 N–H and O–H groups in total. The maximum absolute atomic E-state index is 13.7. The van der Waals surface area contributed by atoms with Gasteiger partial charge in [0.25, 0.3) is 0 Å². The number of piperidine rings is 2. The number of alkyl halides is 3. The zero-order valence-electron chi connectivity index (χ0n) is 22.1. The fraction of sp³-hybridized carbons (Fsp3) is 0.567. The zero-order chi connectivity index (χ0) is 26.4. The van der Waals surface area contributed by atoms with E-state index in [1.54, 1.807) is 11.0 Å². The van der Waals surface area contributed by atoms with E-state index in [1.807, 2.05) is 37.4 Å². The van der Waals surface area contributed by atoms with Crippen molar-refractivity contribution in [3.63, 3.8) is 0 Å². The fourth-order valence-electron chi connectivity index (χ4n) is 5.91. The lowest BCUT2D eigenvalue weighted by Gasteiger charge is -2.43. The van der Waals surface area contributed by atoms with Crippen molar-refractivity contribution in [2.24, 2.45) is 0 Å². The molecular formula is C30H40F3N3O. The second-order valence-corrected chi connectivity index (χ2v) is 10.7. The normalized spacial score (nSPS) is 19.1. The Hall–Kier alpha value is -2.38. The molecule has 2 aliphatic rings. The number of carbonyl (C=O) groups is 1. The van der Waals surface area contributed by atoms with Crippen LogP contribution in [0.1, 0.15) is 66.8 Å². The highest BCUT2D eigenvalue weighted by Crippen LogP contribution is 2.33. The third-order valence-corrected chi connectivity index (χ3v) is 8.06. The second-order valence-electron chi connectivity index (χ2n) is 10.7. The first kappa shape index (κ1) is 27.6. The van der Waals surface area contributed by atoms with Gasteiger partial charge in [0.2, 0.25) is 5.91 Å². The molecule has 2 aliphatic heterocycles. The molecule has 2 heterocycles. The van der Waals surface area contributed by atoms with Crippen molar-refractivity contribution in [2.45, 2.75) is 70.1 Å². The van der Waals surface area contributed by atoms with Crippen molar-refractivity contribution < 1.29 is 18.0 Å². The molecule has 0 saturated carbocycles.